The highest BCUT2D eigenvalue weighted by atomic mass is 16.5. The Labute approximate surface area is 157 Å². The SMILES string of the molecule is COC(=O)[C@@H]1[C@@H](C(=O)OC)N(c2ccccc2)N2C=Cc3ccccc3[C@@H]12. The molecule has 6 nitrogen and oxygen atoms in total. The van der Waals surface area contributed by atoms with Gasteiger partial charge in [0.25, 0.3) is 0 Å². The van der Waals surface area contributed by atoms with E-state index in [0.29, 0.717) is 0 Å². The van der Waals surface area contributed by atoms with Gasteiger partial charge >= 0.3 is 11.9 Å². The minimum atomic E-state index is -0.828. The highest BCUT2D eigenvalue weighted by Gasteiger charge is 2.56. The maximum Gasteiger partial charge on any atom is 0.331 e. The van der Waals surface area contributed by atoms with Crippen LogP contribution in [0.4, 0.5) is 5.69 Å². The van der Waals surface area contributed by atoms with E-state index in [2.05, 4.69) is 0 Å². The first kappa shape index (κ1) is 17.1. The van der Waals surface area contributed by atoms with E-state index in [1.807, 2.05) is 76.9 Å². The second-order valence-corrected chi connectivity index (χ2v) is 6.47. The maximum absolute atomic E-state index is 12.8. The van der Waals surface area contributed by atoms with Crippen LogP contribution in [0.5, 0.6) is 0 Å². The van der Waals surface area contributed by atoms with E-state index < -0.39 is 23.9 Å². The molecule has 3 atom stereocenters. The van der Waals surface area contributed by atoms with Crippen molar-refractivity contribution < 1.29 is 19.1 Å². The Morgan fingerprint density at radius 1 is 0.889 bits per heavy atom. The van der Waals surface area contributed by atoms with Gasteiger partial charge in [-0.25, -0.2) is 4.79 Å². The lowest BCUT2D eigenvalue weighted by Gasteiger charge is -2.36. The second kappa shape index (κ2) is 6.79. The van der Waals surface area contributed by atoms with Crippen LogP contribution < -0.4 is 5.01 Å². The summed E-state index contributed by atoms with van der Waals surface area (Å²) in [6.45, 7) is 0. The first-order valence-corrected chi connectivity index (χ1v) is 8.72. The van der Waals surface area contributed by atoms with Gasteiger partial charge in [-0.2, -0.15) is 0 Å². The van der Waals surface area contributed by atoms with Crippen LogP contribution in [0, 0.1) is 5.92 Å². The van der Waals surface area contributed by atoms with Crippen LogP contribution in [-0.2, 0) is 19.1 Å². The molecule has 2 aromatic rings. The fraction of sp³-hybridized carbons (Fsp3) is 0.238. The Morgan fingerprint density at radius 3 is 2.26 bits per heavy atom. The van der Waals surface area contributed by atoms with Crippen LogP contribution in [0.3, 0.4) is 0 Å². The molecule has 1 saturated heterocycles. The van der Waals surface area contributed by atoms with Gasteiger partial charge in [0.15, 0.2) is 6.04 Å². The third kappa shape index (κ3) is 2.65. The number of esters is 2. The zero-order chi connectivity index (χ0) is 19.0. The average Bonchev–Trinajstić information content (AvgIpc) is 3.08. The molecular weight excluding hydrogens is 344 g/mol. The standard InChI is InChI=1S/C21H20N2O4/c1-26-20(24)17-18-16-11-7-6-8-14(16)12-13-22(18)23(19(17)21(25)27-2)15-9-4-3-5-10-15/h3-13,17-19H,1-2H3/t17-,18-,19-/m0/s1. The zero-order valence-corrected chi connectivity index (χ0v) is 15.1. The minimum Gasteiger partial charge on any atom is -0.469 e. The fourth-order valence-electron chi connectivity index (χ4n) is 3.99. The molecule has 0 unspecified atom stereocenters. The van der Waals surface area contributed by atoms with Gasteiger partial charge in [0.2, 0.25) is 0 Å². The molecule has 0 N–H and O–H groups in total. The molecule has 0 bridgehead atoms. The lowest BCUT2D eigenvalue weighted by atomic mass is 9.85. The summed E-state index contributed by atoms with van der Waals surface area (Å²) in [5.74, 6) is -1.65. The zero-order valence-electron chi connectivity index (χ0n) is 15.1. The van der Waals surface area contributed by atoms with E-state index in [1.54, 1.807) is 0 Å². The fourth-order valence-corrected chi connectivity index (χ4v) is 3.99. The van der Waals surface area contributed by atoms with Crippen molar-refractivity contribution in [2.45, 2.75) is 12.1 Å². The number of nitrogens with zero attached hydrogens (tertiary/aromatic N) is 2. The van der Waals surface area contributed by atoms with Crippen LogP contribution in [0.2, 0.25) is 0 Å². The molecular formula is C21H20N2O4. The molecule has 4 rings (SSSR count). The van der Waals surface area contributed by atoms with Crippen LogP contribution in [0.15, 0.2) is 60.8 Å². The Balaban J connectivity index is 1.92. The van der Waals surface area contributed by atoms with Crippen molar-refractivity contribution in [3.8, 4) is 0 Å². The number of methoxy groups -OCH3 is 2. The van der Waals surface area contributed by atoms with Gasteiger partial charge in [-0.1, -0.05) is 42.5 Å². The van der Waals surface area contributed by atoms with Gasteiger partial charge in [0, 0.05) is 6.20 Å². The molecule has 6 heteroatoms. The molecule has 2 aliphatic rings. The number of benzene rings is 2. The molecule has 0 spiro atoms. The Bertz CT molecular complexity index is 880. The molecule has 0 saturated carbocycles. The number of anilines is 1. The molecule has 0 aliphatic carbocycles. The summed E-state index contributed by atoms with van der Waals surface area (Å²) in [6, 6.07) is 16.2. The summed E-state index contributed by atoms with van der Waals surface area (Å²) in [5, 5.41) is 3.76. The first-order valence-electron chi connectivity index (χ1n) is 8.72. The van der Waals surface area contributed by atoms with Crippen LogP contribution in [0.1, 0.15) is 17.2 Å². The Hall–Kier alpha value is -3.28. The normalized spacial score (nSPS) is 22.8. The number of carbonyl (C=O) groups excluding carboxylic acids is 2. The van der Waals surface area contributed by atoms with Crippen molar-refractivity contribution in [2.75, 3.05) is 19.2 Å². The molecule has 1 fully saturated rings. The predicted molar refractivity (Wildman–Crippen MR) is 100 cm³/mol. The molecule has 138 valence electrons. The number of ether oxygens (including phenoxy) is 2. The van der Waals surface area contributed by atoms with Crippen molar-refractivity contribution in [3.63, 3.8) is 0 Å². The van der Waals surface area contributed by atoms with Gasteiger partial charge in [0.1, 0.15) is 5.92 Å². The molecule has 2 heterocycles. The summed E-state index contributed by atoms with van der Waals surface area (Å²) in [7, 11) is 2.68. The minimum absolute atomic E-state index is 0.358. The molecule has 0 amide bonds. The summed E-state index contributed by atoms with van der Waals surface area (Å²) < 4.78 is 10.1. The summed E-state index contributed by atoms with van der Waals surface area (Å²) in [5.41, 5.74) is 2.79. The van der Waals surface area contributed by atoms with Crippen LogP contribution in [-0.4, -0.2) is 37.2 Å². The van der Waals surface area contributed by atoms with Crippen LogP contribution >= 0.6 is 0 Å². The Kier molecular flexibility index (Phi) is 4.32. The average molecular weight is 364 g/mol. The summed E-state index contributed by atoms with van der Waals surface area (Å²) in [6.07, 6.45) is 3.88. The van der Waals surface area contributed by atoms with Crippen molar-refractivity contribution in [2.24, 2.45) is 5.92 Å². The van der Waals surface area contributed by atoms with Gasteiger partial charge in [0.05, 0.1) is 25.9 Å². The Morgan fingerprint density at radius 2 is 1.56 bits per heavy atom. The van der Waals surface area contributed by atoms with Crippen molar-refractivity contribution in [1.29, 1.82) is 0 Å². The number of carbonyl (C=O) groups is 2. The van der Waals surface area contributed by atoms with Gasteiger partial charge < -0.3 is 9.47 Å². The monoisotopic (exact) mass is 364 g/mol. The molecule has 2 aromatic carbocycles. The number of fused-ring (bicyclic) bond motifs is 3. The highest BCUT2D eigenvalue weighted by molar-refractivity contribution is 5.90. The van der Waals surface area contributed by atoms with E-state index in [-0.39, 0.29) is 6.04 Å². The highest BCUT2D eigenvalue weighted by Crippen LogP contribution is 2.47. The van der Waals surface area contributed by atoms with E-state index in [0.717, 1.165) is 16.8 Å². The molecule has 0 radical (unpaired) electrons. The lowest BCUT2D eigenvalue weighted by Crippen LogP contribution is -2.46. The number of hydrogen-bond donors (Lipinski definition) is 0. The van der Waals surface area contributed by atoms with Crippen molar-refractivity contribution >= 4 is 23.7 Å². The van der Waals surface area contributed by atoms with E-state index in [4.69, 9.17) is 9.47 Å². The number of para-hydroxylation sites is 1. The van der Waals surface area contributed by atoms with E-state index in [9.17, 15) is 9.59 Å². The predicted octanol–water partition coefficient (Wildman–Crippen LogP) is 2.78. The second-order valence-electron chi connectivity index (χ2n) is 6.47. The maximum atomic E-state index is 12.8. The largest absolute Gasteiger partial charge is 0.469 e. The van der Waals surface area contributed by atoms with Crippen LogP contribution in [0.25, 0.3) is 6.08 Å². The van der Waals surface area contributed by atoms with E-state index >= 15 is 0 Å². The molecule has 2 aliphatic heterocycles. The quantitative estimate of drug-likeness (QED) is 0.781. The molecule has 0 aromatic heterocycles. The lowest BCUT2D eigenvalue weighted by molar-refractivity contribution is -0.153. The molecule has 27 heavy (non-hydrogen) atoms. The van der Waals surface area contributed by atoms with Gasteiger partial charge in [-0.15, -0.1) is 0 Å². The van der Waals surface area contributed by atoms with Gasteiger partial charge in [-0.3, -0.25) is 14.8 Å². The topological polar surface area (TPSA) is 59.1 Å². The van der Waals surface area contributed by atoms with E-state index in [1.165, 1.54) is 14.2 Å². The van der Waals surface area contributed by atoms with Crippen molar-refractivity contribution in [3.05, 3.63) is 71.9 Å². The first-order chi connectivity index (χ1) is 13.2. The third-order valence-corrected chi connectivity index (χ3v) is 5.14. The number of hydrogen-bond acceptors (Lipinski definition) is 6. The number of hydrazine groups is 1. The summed E-state index contributed by atoms with van der Waals surface area (Å²) in [4.78, 5) is 25.5. The smallest absolute Gasteiger partial charge is 0.331 e. The third-order valence-electron chi connectivity index (χ3n) is 5.14. The van der Waals surface area contributed by atoms with Crippen molar-refractivity contribution in [1.82, 2.24) is 5.01 Å². The van der Waals surface area contributed by atoms with Gasteiger partial charge in [-0.05, 0) is 29.3 Å². The summed E-state index contributed by atoms with van der Waals surface area (Å²) >= 11 is 0. The number of rotatable bonds is 3.